The third-order valence-electron chi connectivity index (χ3n) is 3.55. The Bertz CT molecular complexity index is 388. The van der Waals surface area contributed by atoms with E-state index in [2.05, 4.69) is 10.6 Å². The van der Waals surface area contributed by atoms with Gasteiger partial charge in [-0.05, 0) is 20.8 Å². The summed E-state index contributed by atoms with van der Waals surface area (Å²) >= 11 is 0. The van der Waals surface area contributed by atoms with Crippen LogP contribution in [0.25, 0.3) is 0 Å². The van der Waals surface area contributed by atoms with Crippen LogP contribution in [-0.4, -0.2) is 72.8 Å². The molecule has 2 aliphatic heterocycles. The van der Waals surface area contributed by atoms with Crippen LogP contribution >= 0.6 is 0 Å². The summed E-state index contributed by atoms with van der Waals surface area (Å²) in [6.07, 6.45) is 0.0817. The van der Waals surface area contributed by atoms with E-state index in [4.69, 9.17) is 4.74 Å². The van der Waals surface area contributed by atoms with Gasteiger partial charge in [-0.1, -0.05) is 0 Å². The van der Waals surface area contributed by atoms with Crippen LogP contribution in [-0.2, 0) is 4.74 Å². The molecule has 21 heavy (non-hydrogen) atoms. The predicted molar refractivity (Wildman–Crippen MR) is 79.2 cm³/mol. The molecular weight excluding hydrogens is 272 g/mol. The summed E-state index contributed by atoms with van der Waals surface area (Å²) in [6.45, 7) is 10.0. The molecule has 7 nitrogen and oxygen atoms in total. The molecule has 0 aromatic heterocycles. The zero-order valence-corrected chi connectivity index (χ0v) is 13.1. The van der Waals surface area contributed by atoms with Gasteiger partial charge >= 0.3 is 12.1 Å². The zero-order valence-electron chi connectivity index (χ0n) is 13.1. The lowest BCUT2D eigenvalue weighted by Gasteiger charge is -2.31. The molecule has 2 heterocycles. The fraction of sp³-hybridized carbons (Fsp3) is 0.857. The minimum Gasteiger partial charge on any atom is -0.444 e. The first kappa shape index (κ1) is 15.9. The van der Waals surface area contributed by atoms with E-state index in [1.165, 1.54) is 0 Å². The van der Waals surface area contributed by atoms with E-state index in [0.29, 0.717) is 19.5 Å². The minimum atomic E-state index is -0.413. The third-order valence-corrected chi connectivity index (χ3v) is 3.55. The van der Waals surface area contributed by atoms with E-state index in [9.17, 15) is 9.59 Å². The lowest BCUT2D eigenvalue weighted by molar-refractivity contribution is 0.0927. The van der Waals surface area contributed by atoms with Gasteiger partial charge in [-0.15, -0.1) is 0 Å². The fourth-order valence-corrected chi connectivity index (χ4v) is 2.54. The van der Waals surface area contributed by atoms with Gasteiger partial charge in [-0.3, -0.25) is 0 Å². The molecule has 0 aromatic carbocycles. The van der Waals surface area contributed by atoms with Gasteiger partial charge in [0.2, 0.25) is 0 Å². The average Bonchev–Trinajstić information content (AvgIpc) is 2.85. The molecule has 0 aliphatic carbocycles. The number of likely N-dealkylation sites (tertiary alicyclic amines) is 1. The van der Waals surface area contributed by atoms with Gasteiger partial charge in [-0.25, -0.2) is 9.59 Å². The Balaban J connectivity index is 1.77. The van der Waals surface area contributed by atoms with Gasteiger partial charge in [0.25, 0.3) is 0 Å². The molecule has 2 rings (SSSR count). The summed E-state index contributed by atoms with van der Waals surface area (Å²) < 4.78 is 5.38. The van der Waals surface area contributed by atoms with Gasteiger partial charge in [0.15, 0.2) is 0 Å². The van der Waals surface area contributed by atoms with Gasteiger partial charge in [0, 0.05) is 44.7 Å². The molecule has 2 fully saturated rings. The number of nitrogens with zero attached hydrogens (tertiary/aromatic N) is 2. The predicted octanol–water partition coefficient (Wildman–Crippen LogP) is 0.611. The molecule has 7 heteroatoms. The normalized spacial score (nSPS) is 23.1. The number of carbonyl (C=O) groups is 2. The molecule has 2 N–H and O–H groups in total. The first-order chi connectivity index (χ1) is 9.85. The van der Waals surface area contributed by atoms with Crippen molar-refractivity contribution in [3.05, 3.63) is 0 Å². The van der Waals surface area contributed by atoms with Crippen molar-refractivity contribution in [3.8, 4) is 0 Å². The monoisotopic (exact) mass is 298 g/mol. The van der Waals surface area contributed by atoms with E-state index >= 15 is 0 Å². The van der Waals surface area contributed by atoms with Crippen molar-refractivity contribution in [1.29, 1.82) is 0 Å². The highest BCUT2D eigenvalue weighted by Gasteiger charge is 2.32. The smallest absolute Gasteiger partial charge is 0.407 e. The molecule has 0 aromatic rings. The number of nitrogens with one attached hydrogen (secondary N) is 2. The molecule has 3 amide bonds. The van der Waals surface area contributed by atoms with Crippen LogP contribution in [0.2, 0.25) is 0 Å². The average molecular weight is 298 g/mol. The van der Waals surface area contributed by atoms with Crippen LogP contribution < -0.4 is 10.6 Å². The number of urea groups is 1. The van der Waals surface area contributed by atoms with E-state index in [0.717, 1.165) is 26.2 Å². The topological polar surface area (TPSA) is 73.9 Å². The summed E-state index contributed by atoms with van der Waals surface area (Å²) in [4.78, 5) is 27.7. The number of ether oxygens (including phenoxy) is 1. The van der Waals surface area contributed by atoms with Crippen LogP contribution in [0.3, 0.4) is 0 Å². The number of piperazine rings is 1. The van der Waals surface area contributed by atoms with E-state index in [-0.39, 0.29) is 17.7 Å². The van der Waals surface area contributed by atoms with E-state index in [1.807, 2.05) is 25.7 Å². The SMILES string of the molecule is CC(C)(C)NC(=O)O[C@@H]1CCN(C(=O)N2CCNCC2)C1. The molecule has 2 saturated heterocycles. The Labute approximate surface area is 126 Å². The summed E-state index contributed by atoms with van der Waals surface area (Å²) in [5.74, 6) is 0. The van der Waals surface area contributed by atoms with Crippen molar-refractivity contribution in [1.82, 2.24) is 20.4 Å². The second kappa shape index (κ2) is 6.51. The van der Waals surface area contributed by atoms with Crippen LogP contribution in [0.5, 0.6) is 0 Å². The second-order valence-corrected chi connectivity index (χ2v) is 6.66. The van der Waals surface area contributed by atoms with Crippen LogP contribution in [0.1, 0.15) is 27.2 Å². The van der Waals surface area contributed by atoms with Crippen molar-refractivity contribution in [2.24, 2.45) is 0 Å². The van der Waals surface area contributed by atoms with Crippen LogP contribution in [0.15, 0.2) is 0 Å². The van der Waals surface area contributed by atoms with Crippen molar-refractivity contribution in [2.75, 3.05) is 39.3 Å². The number of alkyl carbamates (subject to hydrolysis) is 1. The number of amides is 3. The van der Waals surface area contributed by atoms with Gasteiger partial charge in [0.1, 0.15) is 6.10 Å². The molecule has 0 spiro atoms. The van der Waals surface area contributed by atoms with Crippen molar-refractivity contribution < 1.29 is 14.3 Å². The minimum absolute atomic E-state index is 0.0545. The standard InChI is InChI=1S/C14H26N4O3/c1-14(2,3)16-12(19)21-11-4-7-18(10-11)13(20)17-8-5-15-6-9-17/h11,15H,4-10H2,1-3H3,(H,16,19)/t11-/m1/s1. The van der Waals surface area contributed by atoms with Gasteiger partial charge < -0.3 is 25.2 Å². The Morgan fingerprint density at radius 2 is 1.81 bits per heavy atom. The molecule has 1 atom stereocenters. The van der Waals surface area contributed by atoms with Crippen molar-refractivity contribution in [3.63, 3.8) is 0 Å². The van der Waals surface area contributed by atoms with Crippen molar-refractivity contribution >= 4 is 12.1 Å². The first-order valence-electron chi connectivity index (χ1n) is 7.58. The van der Waals surface area contributed by atoms with Crippen LogP contribution in [0, 0.1) is 0 Å². The summed E-state index contributed by atoms with van der Waals surface area (Å²) in [7, 11) is 0. The maximum absolute atomic E-state index is 12.3. The maximum atomic E-state index is 12.3. The quantitative estimate of drug-likeness (QED) is 0.744. The Morgan fingerprint density at radius 1 is 1.14 bits per heavy atom. The third kappa shape index (κ3) is 4.77. The number of rotatable bonds is 1. The molecule has 2 aliphatic rings. The highest BCUT2D eigenvalue weighted by molar-refractivity contribution is 5.75. The molecule has 0 saturated carbocycles. The maximum Gasteiger partial charge on any atom is 0.407 e. The fourth-order valence-electron chi connectivity index (χ4n) is 2.54. The van der Waals surface area contributed by atoms with E-state index < -0.39 is 6.09 Å². The lowest BCUT2D eigenvalue weighted by Crippen LogP contribution is -2.51. The second-order valence-electron chi connectivity index (χ2n) is 6.66. The molecule has 120 valence electrons. The van der Waals surface area contributed by atoms with Crippen molar-refractivity contribution in [2.45, 2.75) is 38.8 Å². The molecule has 0 unspecified atom stereocenters. The lowest BCUT2D eigenvalue weighted by atomic mass is 10.1. The number of carbonyl (C=O) groups excluding carboxylic acids is 2. The summed E-state index contributed by atoms with van der Waals surface area (Å²) in [5, 5.41) is 6.00. The Morgan fingerprint density at radius 3 is 2.43 bits per heavy atom. The number of hydrogen-bond acceptors (Lipinski definition) is 4. The Hall–Kier alpha value is -1.50. The molecular formula is C14H26N4O3. The summed E-state index contributed by atoms with van der Waals surface area (Å²) in [5.41, 5.74) is -0.313. The first-order valence-corrected chi connectivity index (χ1v) is 7.58. The highest BCUT2D eigenvalue weighted by Crippen LogP contribution is 2.15. The number of hydrogen-bond donors (Lipinski definition) is 2. The van der Waals surface area contributed by atoms with Gasteiger partial charge in [0.05, 0.1) is 6.54 Å². The largest absolute Gasteiger partial charge is 0.444 e. The van der Waals surface area contributed by atoms with Crippen LogP contribution in [0.4, 0.5) is 9.59 Å². The zero-order chi connectivity index (χ0) is 15.5. The van der Waals surface area contributed by atoms with Gasteiger partial charge in [-0.2, -0.15) is 0 Å². The summed E-state index contributed by atoms with van der Waals surface area (Å²) in [6, 6.07) is 0.0545. The molecule has 0 bridgehead atoms. The highest BCUT2D eigenvalue weighted by atomic mass is 16.6. The molecule has 0 radical (unpaired) electrons. The Kier molecular flexibility index (Phi) is 4.92. The van der Waals surface area contributed by atoms with E-state index in [1.54, 1.807) is 4.90 Å².